The summed E-state index contributed by atoms with van der Waals surface area (Å²) < 4.78 is 4.95. The van der Waals surface area contributed by atoms with Crippen molar-refractivity contribution in [1.82, 2.24) is 4.90 Å². The lowest BCUT2D eigenvalue weighted by atomic mass is 10.1. The van der Waals surface area contributed by atoms with E-state index in [9.17, 15) is 9.59 Å². The van der Waals surface area contributed by atoms with E-state index in [1.54, 1.807) is 4.90 Å². The first-order valence-electron chi connectivity index (χ1n) is 5.93. The van der Waals surface area contributed by atoms with Gasteiger partial charge in [-0.3, -0.25) is 4.79 Å². The summed E-state index contributed by atoms with van der Waals surface area (Å²) in [6, 6.07) is 9.72. The van der Waals surface area contributed by atoms with Crippen molar-refractivity contribution in [2.75, 3.05) is 6.54 Å². The Morgan fingerprint density at radius 1 is 1.39 bits per heavy atom. The van der Waals surface area contributed by atoms with Crippen LogP contribution in [0.3, 0.4) is 0 Å². The molecule has 0 spiro atoms. The van der Waals surface area contributed by atoms with Crippen LogP contribution in [0.15, 0.2) is 30.3 Å². The summed E-state index contributed by atoms with van der Waals surface area (Å²) in [4.78, 5) is 24.2. The predicted octanol–water partition coefficient (Wildman–Crippen LogP) is 1.27. The highest BCUT2D eigenvalue weighted by atomic mass is 16.6. The number of nitrogens with two attached hydrogens (primary N) is 1. The molecule has 96 valence electrons. The van der Waals surface area contributed by atoms with Gasteiger partial charge in [0.05, 0.1) is 6.54 Å². The zero-order valence-corrected chi connectivity index (χ0v) is 10.0. The van der Waals surface area contributed by atoms with Crippen LogP contribution in [0.25, 0.3) is 0 Å². The summed E-state index contributed by atoms with van der Waals surface area (Å²) in [6.45, 7) is 0.953. The SMILES string of the molecule is NC(=O)OC1CCC(=O)N(Cc2ccccc2)C1. The van der Waals surface area contributed by atoms with Crippen LogP contribution in [-0.4, -0.2) is 29.5 Å². The molecule has 5 nitrogen and oxygen atoms in total. The number of hydrogen-bond donors (Lipinski definition) is 1. The lowest BCUT2D eigenvalue weighted by Gasteiger charge is -2.31. The molecule has 1 saturated heterocycles. The van der Waals surface area contributed by atoms with Crippen LogP contribution in [0.5, 0.6) is 0 Å². The molecule has 2 amide bonds. The molecule has 18 heavy (non-hydrogen) atoms. The molecule has 2 N–H and O–H groups in total. The summed E-state index contributed by atoms with van der Waals surface area (Å²) in [6.07, 6.45) is -0.129. The number of nitrogens with zero attached hydrogens (tertiary/aromatic N) is 1. The summed E-state index contributed by atoms with van der Waals surface area (Å²) in [7, 11) is 0. The van der Waals surface area contributed by atoms with Gasteiger partial charge in [-0.25, -0.2) is 4.79 Å². The first-order chi connectivity index (χ1) is 8.65. The maximum Gasteiger partial charge on any atom is 0.404 e. The maximum atomic E-state index is 11.8. The first kappa shape index (κ1) is 12.4. The number of piperidine rings is 1. The fraction of sp³-hybridized carbons (Fsp3) is 0.385. The van der Waals surface area contributed by atoms with Gasteiger partial charge >= 0.3 is 6.09 Å². The van der Waals surface area contributed by atoms with E-state index in [1.807, 2.05) is 30.3 Å². The van der Waals surface area contributed by atoms with Gasteiger partial charge in [0.2, 0.25) is 5.91 Å². The van der Waals surface area contributed by atoms with Crippen molar-refractivity contribution in [2.45, 2.75) is 25.5 Å². The largest absolute Gasteiger partial charge is 0.444 e. The summed E-state index contributed by atoms with van der Waals surface area (Å²) in [5.41, 5.74) is 6.05. The van der Waals surface area contributed by atoms with E-state index < -0.39 is 6.09 Å². The fourth-order valence-electron chi connectivity index (χ4n) is 2.10. The number of ether oxygens (including phenoxy) is 1. The van der Waals surface area contributed by atoms with E-state index in [0.717, 1.165) is 5.56 Å². The van der Waals surface area contributed by atoms with Crippen LogP contribution in [0.1, 0.15) is 18.4 Å². The highest BCUT2D eigenvalue weighted by Gasteiger charge is 2.27. The van der Waals surface area contributed by atoms with E-state index in [-0.39, 0.29) is 12.0 Å². The Morgan fingerprint density at radius 2 is 2.11 bits per heavy atom. The van der Waals surface area contributed by atoms with Gasteiger partial charge in [-0.05, 0) is 12.0 Å². The molecule has 1 atom stereocenters. The third-order valence-electron chi connectivity index (χ3n) is 2.96. The van der Waals surface area contributed by atoms with Gasteiger partial charge in [-0.1, -0.05) is 30.3 Å². The smallest absolute Gasteiger partial charge is 0.404 e. The number of carbonyl (C=O) groups excluding carboxylic acids is 2. The van der Waals surface area contributed by atoms with Gasteiger partial charge in [0, 0.05) is 13.0 Å². The average Bonchev–Trinajstić information content (AvgIpc) is 2.34. The van der Waals surface area contributed by atoms with Gasteiger partial charge < -0.3 is 15.4 Å². The predicted molar refractivity (Wildman–Crippen MR) is 65.5 cm³/mol. The van der Waals surface area contributed by atoms with Gasteiger partial charge in [0.15, 0.2) is 0 Å². The molecule has 1 aromatic carbocycles. The average molecular weight is 248 g/mol. The Morgan fingerprint density at radius 3 is 2.78 bits per heavy atom. The van der Waals surface area contributed by atoms with Crippen LogP contribution in [0.2, 0.25) is 0 Å². The van der Waals surface area contributed by atoms with E-state index in [0.29, 0.717) is 25.9 Å². The van der Waals surface area contributed by atoms with Crippen LogP contribution in [-0.2, 0) is 16.1 Å². The molecule has 0 radical (unpaired) electrons. The molecular weight excluding hydrogens is 232 g/mol. The minimum absolute atomic E-state index is 0.0863. The molecule has 1 aliphatic heterocycles. The quantitative estimate of drug-likeness (QED) is 0.875. The number of likely N-dealkylation sites (tertiary alicyclic amines) is 1. The van der Waals surface area contributed by atoms with Crippen molar-refractivity contribution < 1.29 is 14.3 Å². The molecule has 2 rings (SSSR count). The zero-order valence-electron chi connectivity index (χ0n) is 10.0. The molecule has 5 heteroatoms. The molecule has 1 fully saturated rings. The monoisotopic (exact) mass is 248 g/mol. The number of amides is 2. The summed E-state index contributed by atoms with van der Waals surface area (Å²) in [5.74, 6) is 0.0863. The third kappa shape index (κ3) is 3.23. The highest BCUT2D eigenvalue weighted by Crippen LogP contribution is 2.17. The molecule has 0 bridgehead atoms. The number of rotatable bonds is 3. The molecule has 1 unspecified atom stereocenters. The van der Waals surface area contributed by atoms with Crippen LogP contribution >= 0.6 is 0 Å². The van der Waals surface area contributed by atoms with Gasteiger partial charge in [0.25, 0.3) is 0 Å². The Bertz CT molecular complexity index is 433. The Labute approximate surface area is 106 Å². The molecule has 1 heterocycles. The maximum absolute atomic E-state index is 11.8. The van der Waals surface area contributed by atoms with Crippen molar-refractivity contribution in [3.63, 3.8) is 0 Å². The van der Waals surface area contributed by atoms with E-state index in [1.165, 1.54) is 0 Å². The minimum atomic E-state index is -0.783. The normalized spacial score (nSPS) is 19.7. The van der Waals surface area contributed by atoms with E-state index in [2.05, 4.69) is 0 Å². The highest BCUT2D eigenvalue weighted by molar-refractivity contribution is 5.77. The van der Waals surface area contributed by atoms with Crippen LogP contribution in [0, 0.1) is 0 Å². The molecule has 1 aliphatic rings. The zero-order chi connectivity index (χ0) is 13.0. The van der Waals surface area contributed by atoms with E-state index >= 15 is 0 Å². The van der Waals surface area contributed by atoms with Gasteiger partial charge in [-0.15, -0.1) is 0 Å². The molecule has 0 aromatic heterocycles. The van der Waals surface area contributed by atoms with Crippen molar-refractivity contribution >= 4 is 12.0 Å². The van der Waals surface area contributed by atoms with Crippen LogP contribution in [0.4, 0.5) is 4.79 Å². The topological polar surface area (TPSA) is 72.6 Å². The lowest BCUT2D eigenvalue weighted by Crippen LogP contribution is -2.44. The van der Waals surface area contributed by atoms with E-state index in [4.69, 9.17) is 10.5 Å². The van der Waals surface area contributed by atoms with Crippen molar-refractivity contribution in [3.8, 4) is 0 Å². The second-order valence-electron chi connectivity index (χ2n) is 4.36. The third-order valence-corrected chi connectivity index (χ3v) is 2.96. The number of hydrogen-bond acceptors (Lipinski definition) is 3. The number of benzene rings is 1. The molecule has 0 saturated carbocycles. The van der Waals surface area contributed by atoms with Crippen molar-refractivity contribution in [1.29, 1.82) is 0 Å². The van der Waals surface area contributed by atoms with Crippen LogP contribution < -0.4 is 5.73 Å². The number of carbonyl (C=O) groups is 2. The minimum Gasteiger partial charge on any atom is -0.444 e. The second kappa shape index (κ2) is 5.53. The molecule has 1 aromatic rings. The number of primary amides is 1. The first-order valence-corrected chi connectivity index (χ1v) is 5.93. The Kier molecular flexibility index (Phi) is 3.82. The van der Waals surface area contributed by atoms with Crippen molar-refractivity contribution in [3.05, 3.63) is 35.9 Å². The summed E-state index contributed by atoms with van der Waals surface area (Å²) >= 11 is 0. The van der Waals surface area contributed by atoms with Gasteiger partial charge in [0.1, 0.15) is 6.10 Å². The summed E-state index contributed by atoms with van der Waals surface area (Å²) in [5, 5.41) is 0. The fourth-order valence-corrected chi connectivity index (χ4v) is 2.10. The lowest BCUT2D eigenvalue weighted by molar-refractivity contribution is -0.137. The molecule has 0 aliphatic carbocycles. The Hall–Kier alpha value is -2.04. The standard InChI is InChI=1S/C13H16N2O3/c14-13(17)18-11-6-7-12(16)15(9-11)8-10-4-2-1-3-5-10/h1-5,11H,6-9H2,(H2,14,17). The second-order valence-corrected chi connectivity index (χ2v) is 4.36. The molecular formula is C13H16N2O3. The Balaban J connectivity index is 1.97. The van der Waals surface area contributed by atoms with Gasteiger partial charge in [-0.2, -0.15) is 0 Å². The van der Waals surface area contributed by atoms with Crippen molar-refractivity contribution in [2.24, 2.45) is 5.73 Å².